The van der Waals surface area contributed by atoms with Crippen LogP contribution in [0.25, 0.3) is 0 Å². The van der Waals surface area contributed by atoms with E-state index < -0.39 is 0 Å². The van der Waals surface area contributed by atoms with Crippen molar-refractivity contribution in [2.45, 2.75) is 39.7 Å². The maximum atomic E-state index is 12.6. The van der Waals surface area contributed by atoms with Gasteiger partial charge in [0, 0.05) is 17.6 Å². The summed E-state index contributed by atoms with van der Waals surface area (Å²) < 4.78 is 0. The van der Waals surface area contributed by atoms with E-state index in [9.17, 15) is 4.79 Å². The van der Waals surface area contributed by atoms with Crippen LogP contribution in [0.15, 0.2) is 29.4 Å². The second kappa shape index (κ2) is 8.67. The summed E-state index contributed by atoms with van der Waals surface area (Å²) in [7, 11) is 3.93. The van der Waals surface area contributed by atoms with Crippen molar-refractivity contribution in [2.24, 2.45) is 5.16 Å². The van der Waals surface area contributed by atoms with Crippen LogP contribution in [0.1, 0.15) is 38.3 Å². The lowest BCUT2D eigenvalue weighted by molar-refractivity contribution is -0.116. The molecule has 1 aromatic rings. The molecule has 1 rings (SSSR count). The van der Waals surface area contributed by atoms with Gasteiger partial charge in [-0.3, -0.25) is 4.79 Å². The van der Waals surface area contributed by atoms with Gasteiger partial charge < -0.3 is 15.1 Å². The molecule has 0 atom stereocenters. The number of rotatable bonds is 8. The fraction of sp³-hybridized carbons (Fsp3) is 0.556. The summed E-state index contributed by atoms with van der Waals surface area (Å²) >= 11 is 0. The van der Waals surface area contributed by atoms with Crippen LogP contribution < -0.4 is 5.32 Å². The molecule has 0 aliphatic heterocycles. The summed E-state index contributed by atoms with van der Waals surface area (Å²) in [5.41, 5.74) is 1.87. The van der Waals surface area contributed by atoms with E-state index in [0.717, 1.165) is 24.1 Å². The summed E-state index contributed by atoms with van der Waals surface area (Å²) in [6.07, 6.45) is 0.835. The van der Waals surface area contributed by atoms with Gasteiger partial charge in [0.2, 0.25) is 0 Å². The number of hydrogen-bond donors (Lipinski definition) is 1. The molecule has 0 fully saturated rings. The van der Waals surface area contributed by atoms with Crippen LogP contribution in [0.4, 0.5) is 0 Å². The molecule has 0 saturated heterocycles. The minimum absolute atomic E-state index is 0.215. The van der Waals surface area contributed by atoms with Gasteiger partial charge in [-0.05, 0) is 47.4 Å². The maximum absolute atomic E-state index is 12.6. The Balaban J connectivity index is 2.96. The number of hydrogen-bond acceptors (Lipinski definition) is 4. The number of nitrogens with zero attached hydrogens (tertiary/aromatic N) is 2. The molecule has 0 bridgehead atoms. The van der Waals surface area contributed by atoms with E-state index in [0.29, 0.717) is 12.3 Å². The van der Waals surface area contributed by atoms with Gasteiger partial charge in [0.1, 0.15) is 6.61 Å². The monoisotopic (exact) mass is 319 g/mol. The van der Waals surface area contributed by atoms with Gasteiger partial charge in [-0.1, -0.05) is 35.8 Å². The van der Waals surface area contributed by atoms with Crippen molar-refractivity contribution < 1.29 is 9.63 Å². The molecule has 0 radical (unpaired) electrons. The summed E-state index contributed by atoms with van der Waals surface area (Å²) in [6, 6.07) is 7.71. The third kappa shape index (κ3) is 6.82. The van der Waals surface area contributed by atoms with Gasteiger partial charge in [0.15, 0.2) is 5.71 Å². The van der Waals surface area contributed by atoms with E-state index in [4.69, 9.17) is 4.84 Å². The van der Waals surface area contributed by atoms with Crippen molar-refractivity contribution in [1.29, 1.82) is 0 Å². The van der Waals surface area contributed by atoms with Crippen LogP contribution in [0.5, 0.6) is 0 Å². The summed E-state index contributed by atoms with van der Waals surface area (Å²) in [4.78, 5) is 20.0. The van der Waals surface area contributed by atoms with Gasteiger partial charge in [-0.15, -0.1) is 0 Å². The van der Waals surface area contributed by atoms with E-state index in [2.05, 4.69) is 10.5 Å². The molecule has 1 N–H and O–H groups in total. The number of likely N-dealkylation sites (N-methyl/N-ethyl adjacent to an activating group) is 1. The molecule has 0 aliphatic rings. The molecular formula is C18H29N3O2. The molecule has 5 heteroatoms. The molecule has 1 amide bonds. The van der Waals surface area contributed by atoms with Gasteiger partial charge in [0.25, 0.3) is 5.91 Å². The molecule has 1 aromatic carbocycles. The zero-order valence-electron chi connectivity index (χ0n) is 15.1. The first-order valence-electron chi connectivity index (χ1n) is 7.99. The molecule has 0 spiro atoms. The highest BCUT2D eigenvalue weighted by molar-refractivity contribution is 6.45. The van der Waals surface area contributed by atoms with E-state index in [1.165, 1.54) is 0 Å². The fourth-order valence-electron chi connectivity index (χ4n) is 1.81. The lowest BCUT2D eigenvalue weighted by atomic mass is 10.0. The van der Waals surface area contributed by atoms with Crippen LogP contribution in [0.3, 0.4) is 0 Å². The van der Waals surface area contributed by atoms with Crippen molar-refractivity contribution >= 4 is 11.6 Å². The predicted octanol–water partition coefficient (Wildman–Crippen LogP) is 2.58. The third-order valence-corrected chi connectivity index (χ3v) is 3.63. The highest BCUT2D eigenvalue weighted by Gasteiger charge is 2.23. The average molecular weight is 319 g/mol. The number of benzene rings is 1. The molecule has 0 aromatic heterocycles. The van der Waals surface area contributed by atoms with E-state index in [1.807, 2.05) is 71.0 Å². The Kier molecular flexibility index (Phi) is 7.23. The highest BCUT2D eigenvalue weighted by Crippen LogP contribution is 2.10. The van der Waals surface area contributed by atoms with Crippen molar-refractivity contribution in [3.8, 4) is 0 Å². The first-order valence-corrected chi connectivity index (χ1v) is 7.99. The zero-order valence-corrected chi connectivity index (χ0v) is 15.1. The Morgan fingerprint density at radius 1 is 1.35 bits per heavy atom. The third-order valence-electron chi connectivity index (χ3n) is 3.63. The Morgan fingerprint density at radius 2 is 2.04 bits per heavy atom. The van der Waals surface area contributed by atoms with Crippen molar-refractivity contribution in [3.05, 3.63) is 35.4 Å². The fourth-order valence-corrected chi connectivity index (χ4v) is 1.81. The molecule has 23 heavy (non-hydrogen) atoms. The number of carbonyl (C=O) groups is 1. The van der Waals surface area contributed by atoms with E-state index in [1.54, 1.807) is 0 Å². The standard InChI is InChI=1S/C18H29N3O2/c1-7-18(3,4)19-17(22)16(20-23-12-11-21(5)6)15-10-8-9-14(2)13-15/h8-10,13H,7,11-12H2,1-6H3,(H,19,22)/b20-16+. The quantitative estimate of drug-likeness (QED) is 0.455. The Labute approximate surface area is 139 Å². The SMILES string of the molecule is CCC(C)(C)NC(=O)/C(=N/OCCN(C)C)c1cccc(C)c1. The number of nitrogens with one attached hydrogen (secondary N) is 1. The molecular weight excluding hydrogens is 290 g/mol. The van der Waals surface area contributed by atoms with Crippen LogP contribution in [-0.4, -0.2) is 49.3 Å². The highest BCUT2D eigenvalue weighted by atomic mass is 16.6. The average Bonchev–Trinajstić information content (AvgIpc) is 2.46. The van der Waals surface area contributed by atoms with Gasteiger partial charge in [-0.25, -0.2) is 0 Å². The smallest absolute Gasteiger partial charge is 0.274 e. The van der Waals surface area contributed by atoms with Gasteiger partial charge in [0.05, 0.1) is 0 Å². The molecule has 128 valence electrons. The number of oxime groups is 1. The first kappa shape index (κ1) is 19.2. The number of amides is 1. The number of carbonyl (C=O) groups excluding carboxylic acids is 1. The van der Waals surface area contributed by atoms with Gasteiger partial charge in [-0.2, -0.15) is 0 Å². The summed E-state index contributed by atoms with van der Waals surface area (Å²) in [6.45, 7) is 9.19. The summed E-state index contributed by atoms with van der Waals surface area (Å²) in [5, 5.41) is 7.12. The molecule has 0 saturated carbocycles. The van der Waals surface area contributed by atoms with Crippen LogP contribution in [0, 0.1) is 6.92 Å². The molecule has 5 nitrogen and oxygen atoms in total. The second-order valence-corrected chi connectivity index (χ2v) is 6.64. The van der Waals surface area contributed by atoms with Gasteiger partial charge >= 0.3 is 0 Å². The molecule has 0 aliphatic carbocycles. The van der Waals surface area contributed by atoms with E-state index >= 15 is 0 Å². The maximum Gasteiger partial charge on any atom is 0.274 e. The largest absolute Gasteiger partial charge is 0.394 e. The Morgan fingerprint density at radius 3 is 2.61 bits per heavy atom. The lowest BCUT2D eigenvalue weighted by Crippen LogP contribution is -2.46. The van der Waals surface area contributed by atoms with Crippen molar-refractivity contribution in [1.82, 2.24) is 10.2 Å². The summed E-state index contributed by atoms with van der Waals surface area (Å²) in [5.74, 6) is -0.215. The Hall–Kier alpha value is -1.88. The number of aryl methyl sites for hydroxylation is 1. The van der Waals surface area contributed by atoms with Crippen molar-refractivity contribution in [3.63, 3.8) is 0 Å². The van der Waals surface area contributed by atoms with Crippen LogP contribution in [-0.2, 0) is 9.63 Å². The predicted molar refractivity (Wildman–Crippen MR) is 94.7 cm³/mol. The van der Waals surface area contributed by atoms with Crippen LogP contribution >= 0.6 is 0 Å². The normalized spacial score (nSPS) is 12.4. The van der Waals surface area contributed by atoms with Crippen molar-refractivity contribution in [2.75, 3.05) is 27.2 Å². The second-order valence-electron chi connectivity index (χ2n) is 6.64. The lowest BCUT2D eigenvalue weighted by Gasteiger charge is -2.24. The zero-order chi connectivity index (χ0) is 17.5. The van der Waals surface area contributed by atoms with Crippen LogP contribution in [0.2, 0.25) is 0 Å². The topological polar surface area (TPSA) is 53.9 Å². The Bertz CT molecular complexity index is 551. The molecule has 0 unspecified atom stereocenters. The molecule has 0 heterocycles. The minimum atomic E-state index is -0.286. The first-order chi connectivity index (χ1) is 10.7. The minimum Gasteiger partial charge on any atom is -0.394 e. The van der Waals surface area contributed by atoms with E-state index in [-0.39, 0.29) is 11.4 Å².